The minimum absolute atomic E-state index is 0.0546. The number of benzene rings is 3. The Hall–Kier alpha value is -4.27. The van der Waals surface area contributed by atoms with Gasteiger partial charge in [0.15, 0.2) is 0 Å². The van der Waals surface area contributed by atoms with Crippen LogP contribution >= 0.6 is 0 Å². The van der Waals surface area contributed by atoms with Gasteiger partial charge in [-0.1, -0.05) is 54.6 Å². The summed E-state index contributed by atoms with van der Waals surface area (Å²) in [6.45, 7) is 1.73. The standard InChI is InChI=1S/C25H24N2O7/c1-2-34-23(29)15-21(18-9-11-20(12-10-18)27(32)33)24(25(30)31)26-22(28)14-16-7-8-17-5-3-4-6-19(17)13-16/h3-13,21,24H,2,14-15H2,1H3,(H,26,28)(H,30,31)/t21-,24-/m0/s1. The van der Waals surface area contributed by atoms with Crippen molar-refractivity contribution in [2.24, 2.45) is 0 Å². The number of hydrogen-bond acceptors (Lipinski definition) is 6. The smallest absolute Gasteiger partial charge is 0.326 e. The SMILES string of the molecule is CCOC(=O)C[C@@H](c1ccc([N+](=O)[O-])cc1)[C@H](NC(=O)Cc1ccc2ccccc2c1)C(=O)O. The van der Waals surface area contributed by atoms with Crippen LogP contribution in [0.5, 0.6) is 0 Å². The monoisotopic (exact) mass is 464 g/mol. The second-order valence-corrected chi connectivity index (χ2v) is 7.71. The van der Waals surface area contributed by atoms with Crippen LogP contribution in [0.25, 0.3) is 10.8 Å². The predicted octanol–water partition coefficient (Wildman–Crippen LogP) is 3.60. The highest BCUT2D eigenvalue weighted by molar-refractivity contribution is 5.88. The van der Waals surface area contributed by atoms with E-state index in [0.717, 1.165) is 10.8 Å². The summed E-state index contributed by atoms with van der Waals surface area (Å²) in [4.78, 5) is 47.5. The number of aliphatic carboxylic acids is 1. The lowest BCUT2D eigenvalue weighted by atomic mass is 9.88. The van der Waals surface area contributed by atoms with Crippen LogP contribution in [-0.4, -0.2) is 40.5 Å². The third-order valence-corrected chi connectivity index (χ3v) is 5.39. The van der Waals surface area contributed by atoms with E-state index in [9.17, 15) is 29.6 Å². The van der Waals surface area contributed by atoms with Gasteiger partial charge in [-0.25, -0.2) is 4.79 Å². The second-order valence-electron chi connectivity index (χ2n) is 7.71. The summed E-state index contributed by atoms with van der Waals surface area (Å²) in [5.74, 6) is -3.49. The second kappa shape index (κ2) is 11.0. The molecule has 0 aliphatic carbocycles. The van der Waals surface area contributed by atoms with E-state index >= 15 is 0 Å². The molecule has 34 heavy (non-hydrogen) atoms. The van der Waals surface area contributed by atoms with Crippen LogP contribution in [0.4, 0.5) is 5.69 Å². The molecule has 0 saturated heterocycles. The number of rotatable bonds is 10. The van der Waals surface area contributed by atoms with E-state index in [2.05, 4.69) is 5.32 Å². The fourth-order valence-electron chi connectivity index (χ4n) is 3.76. The molecule has 0 unspecified atom stereocenters. The zero-order chi connectivity index (χ0) is 24.7. The number of fused-ring (bicyclic) bond motifs is 1. The van der Waals surface area contributed by atoms with Crippen molar-refractivity contribution in [2.75, 3.05) is 6.61 Å². The maximum Gasteiger partial charge on any atom is 0.326 e. The first kappa shape index (κ1) is 24.4. The van der Waals surface area contributed by atoms with Gasteiger partial charge >= 0.3 is 11.9 Å². The van der Waals surface area contributed by atoms with Crippen LogP contribution in [0.3, 0.4) is 0 Å². The number of carboxylic acid groups (broad SMARTS) is 1. The number of ether oxygens (including phenoxy) is 1. The molecule has 3 aromatic rings. The highest BCUT2D eigenvalue weighted by atomic mass is 16.6. The lowest BCUT2D eigenvalue weighted by Crippen LogP contribution is -2.46. The van der Waals surface area contributed by atoms with Crippen molar-refractivity contribution in [2.45, 2.75) is 31.7 Å². The molecule has 0 aliphatic rings. The van der Waals surface area contributed by atoms with Crippen LogP contribution in [-0.2, 0) is 25.5 Å². The number of nitrogens with one attached hydrogen (secondary N) is 1. The molecule has 0 aromatic heterocycles. The van der Waals surface area contributed by atoms with E-state index in [1.54, 1.807) is 13.0 Å². The molecule has 0 fully saturated rings. The Bertz CT molecular complexity index is 1210. The van der Waals surface area contributed by atoms with Gasteiger partial charge in [0.2, 0.25) is 5.91 Å². The molecule has 2 atom stereocenters. The molecule has 176 valence electrons. The van der Waals surface area contributed by atoms with Crippen molar-refractivity contribution >= 4 is 34.3 Å². The number of hydrogen-bond donors (Lipinski definition) is 2. The van der Waals surface area contributed by atoms with Crippen molar-refractivity contribution in [1.82, 2.24) is 5.32 Å². The minimum atomic E-state index is -1.45. The Balaban J connectivity index is 1.84. The summed E-state index contributed by atoms with van der Waals surface area (Å²) in [5, 5.41) is 25.3. The van der Waals surface area contributed by atoms with Crippen LogP contribution < -0.4 is 5.32 Å². The number of nitrogens with zero attached hydrogens (tertiary/aromatic N) is 1. The molecule has 0 heterocycles. The van der Waals surface area contributed by atoms with Crippen LogP contribution in [0, 0.1) is 10.1 Å². The molecule has 3 rings (SSSR count). The van der Waals surface area contributed by atoms with E-state index in [1.165, 1.54) is 24.3 Å². The van der Waals surface area contributed by atoms with Crippen LogP contribution in [0.1, 0.15) is 30.4 Å². The molecule has 9 heteroatoms. The molecule has 0 saturated carbocycles. The lowest BCUT2D eigenvalue weighted by Gasteiger charge is -2.25. The summed E-state index contributed by atoms with van der Waals surface area (Å²) >= 11 is 0. The van der Waals surface area contributed by atoms with Crippen molar-refractivity contribution in [1.29, 1.82) is 0 Å². The van der Waals surface area contributed by atoms with Gasteiger partial charge in [-0.15, -0.1) is 0 Å². The quantitative estimate of drug-likeness (QED) is 0.266. The van der Waals surface area contributed by atoms with Crippen molar-refractivity contribution in [3.05, 3.63) is 88.0 Å². The Morgan fingerprint density at radius 1 is 1.03 bits per heavy atom. The molecule has 1 amide bonds. The molecule has 0 radical (unpaired) electrons. The van der Waals surface area contributed by atoms with E-state index < -0.39 is 34.7 Å². The zero-order valence-electron chi connectivity index (χ0n) is 18.5. The normalized spacial score (nSPS) is 12.5. The van der Waals surface area contributed by atoms with Gasteiger partial charge < -0.3 is 15.2 Å². The van der Waals surface area contributed by atoms with Gasteiger partial charge in [-0.2, -0.15) is 0 Å². The summed E-state index contributed by atoms with van der Waals surface area (Å²) in [7, 11) is 0. The maximum atomic E-state index is 12.8. The van der Waals surface area contributed by atoms with Crippen molar-refractivity contribution < 1.29 is 29.2 Å². The minimum Gasteiger partial charge on any atom is -0.480 e. The van der Waals surface area contributed by atoms with Gasteiger partial charge in [0.05, 0.1) is 24.4 Å². The Labute approximate surface area is 195 Å². The average molecular weight is 464 g/mol. The molecule has 0 bridgehead atoms. The number of carbonyl (C=O) groups excluding carboxylic acids is 2. The van der Waals surface area contributed by atoms with Gasteiger partial charge in [0.1, 0.15) is 6.04 Å². The van der Waals surface area contributed by atoms with E-state index in [-0.39, 0.29) is 25.1 Å². The maximum absolute atomic E-state index is 12.8. The molecule has 9 nitrogen and oxygen atoms in total. The third kappa shape index (κ3) is 6.16. The summed E-state index contributed by atoms with van der Waals surface area (Å²) in [5.41, 5.74) is 0.889. The van der Waals surface area contributed by atoms with Gasteiger partial charge in [-0.05, 0) is 28.8 Å². The number of amides is 1. The first-order valence-corrected chi connectivity index (χ1v) is 10.7. The number of esters is 1. The average Bonchev–Trinajstić information content (AvgIpc) is 2.81. The molecular weight excluding hydrogens is 440 g/mol. The van der Waals surface area contributed by atoms with Gasteiger partial charge in [-0.3, -0.25) is 19.7 Å². The molecule has 0 spiro atoms. The number of carboxylic acids is 1. The highest BCUT2D eigenvalue weighted by Crippen LogP contribution is 2.27. The van der Waals surface area contributed by atoms with Crippen LogP contribution in [0.15, 0.2) is 66.7 Å². The number of carbonyl (C=O) groups is 3. The predicted molar refractivity (Wildman–Crippen MR) is 124 cm³/mol. The molecular formula is C25H24N2O7. The van der Waals surface area contributed by atoms with Gasteiger partial charge in [0, 0.05) is 18.1 Å². The number of non-ortho nitro benzene ring substituents is 1. The highest BCUT2D eigenvalue weighted by Gasteiger charge is 2.33. The number of nitro benzene ring substituents is 1. The Morgan fingerprint density at radius 2 is 1.71 bits per heavy atom. The van der Waals surface area contributed by atoms with E-state index in [0.29, 0.717) is 11.1 Å². The summed E-state index contributed by atoms with van der Waals surface area (Å²) in [6, 6.07) is 17.0. The van der Waals surface area contributed by atoms with Crippen molar-refractivity contribution in [3.8, 4) is 0 Å². The number of nitro groups is 1. The third-order valence-electron chi connectivity index (χ3n) is 5.39. The van der Waals surface area contributed by atoms with E-state index in [4.69, 9.17) is 4.74 Å². The Kier molecular flexibility index (Phi) is 7.92. The fraction of sp³-hybridized carbons (Fsp3) is 0.240. The first-order valence-electron chi connectivity index (χ1n) is 10.7. The molecule has 3 aromatic carbocycles. The topological polar surface area (TPSA) is 136 Å². The Morgan fingerprint density at radius 3 is 2.32 bits per heavy atom. The largest absolute Gasteiger partial charge is 0.480 e. The lowest BCUT2D eigenvalue weighted by molar-refractivity contribution is -0.384. The zero-order valence-corrected chi connectivity index (χ0v) is 18.5. The van der Waals surface area contributed by atoms with Gasteiger partial charge in [0.25, 0.3) is 5.69 Å². The van der Waals surface area contributed by atoms with E-state index in [1.807, 2.05) is 36.4 Å². The molecule has 0 aliphatic heterocycles. The summed E-state index contributed by atoms with van der Waals surface area (Å²) in [6.07, 6.45) is -0.375. The molecule has 2 N–H and O–H groups in total. The first-order chi connectivity index (χ1) is 16.3. The van der Waals surface area contributed by atoms with Crippen molar-refractivity contribution in [3.63, 3.8) is 0 Å². The fourth-order valence-corrected chi connectivity index (χ4v) is 3.76. The van der Waals surface area contributed by atoms with Crippen LogP contribution in [0.2, 0.25) is 0 Å². The summed E-state index contributed by atoms with van der Waals surface area (Å²) < 4.78 is 4.97.